The lowest BCUT2D eigenvalue weighted by Gasteiger charge is -2.07. The maximum Gasteiger partial charge on any atom is 0.271 e. The van der Waals surface area contributed by atoms with Gasteiger partial charge in [0.1, 0.15) is 15.6 Å². The Hall–Kier alpha value is -2.91. The molecule has 3 aromatic rings. The van der Waals surface area contributed by atoms with Crippen molar-refractivity contribution in [2.24, 2.45) is 0 Å². The van der Waals surface area contributed by atoms with Gasteiger partial charge in [-0.3, -0.25) is 9.52 Å². The molecule has 0 radical (unpaired) electrons. The van der Waals surface area contributed by atoms with E-state index in [1.54, 1.807) is 37.3 Å². The number of thiophene rings is 1. The normalized spacial score (nSPS) is 11.7. The zero-order chi connectivity index (χ0) is 21.0. The molecule has 152 valence electrons. The third kappa shape index (κ3) is 5.12. The van der Waals surface area contributed by atoms with Crippen molar-refractivity contribution in [2.75, 3.05) is 10.0 Å². The summed E-state index contributed by atoms with van der Waals surface area (Å²) < 4.78 is 33.4. The number of carbonyl (C=O) groups is 1. The van der Waals surface area contributed by atoms with E-state index >= 15 is 0 Å². The molecule has 0 saturated heterocycles. The van der Waals surface area contributed by atoms with Gasteiger partial charge in [0.15, 0.2) is 5.76 Å². The molecule has 2 N–H and O–H groups in total. The molecule has 0 spiro atoms. The Morgan fingerprint density at radius 2 is 2.03 bits per heavy atom. The Labute approximate surface area is 173 Å². The van der Waals surface area contributed by atoms with Crippen molar-refractivity contribution in [1.82, 2.24) is 5.16 Å². The van der Waals surface area contributed by atoms with Gasteiger partial charge in [0, 0.05) is 17.5 Å². The number of amides is 1. The highest BCUT2D eigenvalue weighted by molar-refractivity contribution is 7.94. The fourth-order valence-corrected chi connectivity index (χ4v) is 4.89. The Kier molecular flexibility index (Phi) is 6.19. The molecule has 9 heteroatoms. The molecule has 0 saturated carbocycles. The lowest BCUT2D eigenvalue weighted by molar-refractivity contribution is -0.114. The number of hydrogen-bond acceptors (Lipinski definition) is 6. The number of aryl methyl sites for hydroxylation is 2. The monoisotopic (exact) mass is 431 g/mol. The molecule has 0 bridgehead atoms. The van der Waals surface area contributed by atoms with Crippen LogP contribution in [0.5, 0.6) is 0 Å². The first-order valence-electron chi connectivity index (χ1n) is 8.92. The summed E-state index contributed by atoms with van der Waals surface area (Å²) in [5.41, 5.74) is 2.65. The molecule has 29 heavy (non-hydrogen) atoms. The van der Waals surface area contributed by atoms with Crippen LogP contribution in [-0.2, 0) is 21.2 Å². The van der Waals surface area contributed by atoms with E-state index in [1.807, 2.05) is 25.1 Å². The molecule has 0 unspecified atom stereocenters. The number of rotatable bonds is 7. The van der Waals surface area contributed by atoms with Gasteiger partial charge in [0.25, 0.3) is 10.0 Å². The maximum absolute atomic E-state index is 12.7. The average molecular weight is 432 g/mol. The largest absolute Gasteiger partial charge is 0.354 e. The minimum atomic E-state index is -3.68. The first-order valence-corrected chi connectivity index (χ1v) is 11.2. The summed E-state index contributed by atoms with van der Waals surface area (Å²) in [7, 11) is -3.68. The number of nitrogens with one attached hydrogen (secondary N) is 2. The quantitative estimate of drug-likeness (QED) is 0.572. The highest BCUT2D eigenvalue weighted by Gasteiger charge is 2.17. The first kappa shape index (κ1) is 20.8. The van der Waals surface area contributed by atoms with Crippen molar-refractivity contribution in [3.05, 3.63) is 58.3 Å². The number of anilines is 2. The minimum Gasteiger partial charge on any atom is -0.354 e. The number of benzene rings is 1. The molecule has 1 aromatic carbocycles. The predicted molar refractivity (Wildman–Crippen MR) is 115 cm³/mol. The molecule has 3 rings (SSSR count). The summed E-state index contributed by atoms with van der Waals surface area (Å²) in [5.74, 6) is 0.165. The third-order valence-electron chi connectivity index (χ3n) is 4.04. The third-order valence-corrected chi connectivity index (χ3v) is 6.97. The van der Waals surface area contributed by atoms with Crippen LogP contribution in [-0.4, -0.2) is 19.5 Å². The van der Waals surface area contributed by atoms with Gasteiger partial charge in [0.05, 0.1) is 0 Å². The Morgan fingerprint density at radius 1 is 1.24 bits per heavy atom. The fourth-order valence-electron chi connectivity index (χ4n) is 2.62. The zero-order valence-electron chi connectivity index (χ0n) is 16.2. The minimum absolute atomic E-state index is 0.204. The fraction of sp³-hybridized carbons (Fsp3) is 0.200. The molecule has 0 fully saturated rings. The van der Waals surface area contributed by atoms with Crippen molar-refractivity contribution in [3.63, 3.8) is 0 Å². The Morgan fingerprint density at radius 3 is 2.76 bits per heavy atom. The van der Waals surface area contributed by atoms with Crippen molar-refractivity contribution in [2.45, 2.75) is 31.4 Å². The van der Waals surface area contributed by atoms with Crippen molar-refractivity contribution >= 4 is 50.8 Å². The summed E-state index contributed by atoms with van der Waals surface area (Å²) in [6.07, 6.45) is 4.18. The SMILES string of the molecule is CCc1cccc(NS(=O)(=O)c2ccc(C=Cc3onc(C)c3NC(C)=O)s2)c1. The smallest absolute Gasteiger partial charge is 0.271 e. The molecule has 0 aliphatic heterocycles. The van der Waals surface area contributed by atoms with Gasteiger partial charge in [-0.05, 0) is 55.3 Å². The number of hydrogen-bond donors (Lipinski definition) is 2. The summed E-state index contributed by atoms with van der Waals surface area (Å²) in [6, 6.07) is 10.6. The van der Waals surface area contributed by atoms with Gasteiger partial charge in [-0.2, -0.15) is 0 Å². The zero-order valence-corrected chi connectivity index (χ0v) is 17.9. The summed E-state index contributed by atoms with van der Waals surface area (Å²) >= 11 is 1.13. The second kappa shape index (κ2) is 8.62. The van der Waals surface area contributed by atoms with E-state index in [2.05, 4.69) is 15.2 Å². The lowest BCUT2D eigenvalue weighted by atomic mass is 10.1. The number of nitrogens with zero attached hydrogens (tertiary/aromatic N) is 1. The summed E-state index contributed by atoms with van der Waals surface area (Å²) in [6.45, 7) is 5.14. The first-order chi connectivity index (χ1) is 13.8. The van der Waals surface area contributed by atoms with Crippen LogP contribution < -0.4 is 10.0 Å². The van der Waals surface area contributed by atoms with Gasteiger partial charge in [-0.25, -0.2) is 8.42 Å². The van der Waals surface area contributed by atoms with Gasteiger partial charge < -0.3 is 9.84 Å². The maximum atomic E-state index is 12.7. The van der Waals surface area contributed by atoms with Crippen LogP contribution in [0.4, 0.5) is 11.4 Å². The van der Waals surface area contributed by atoms with E-state index in [0.29, 0.717) is 22.8 Å². The van der Waals surface area contributed by atoms with E-state index in [9.17, 15) is 13.2 Å². The molecule has 0 aliphatic carbocycles. The van der Waals surface area contributed by atoms with E-state index < -0.39 is 10.0 Å². The number of carbonyl (C=O) groups excluding carboxylic acids is 1. The number of sulfonamides is 1. The Balaban J connectivity index is 1.78. The van der Waals surface area contributed by atoms with Crippen LogP contribution in [0.15, 0.2) is 45.1 Å². The Bertz CT molecular complexity index is 1160. The topological polar surface area (TPSA) is 101 Å². The highest BCUT2D eigenvalue weighted by Crippen LogP contribution is 2.27. The van der Waals surface area contributed by atoms with Gasteiger partial charge in [0.2, 0.25) is 5.91 Å². The second-order valence-electron chi connectivity index (χ2n) is 6.34. The van der Waals surface area contributed by atoms with Crippen LogP contribution >= 0.6 is 11.3 Å². The highest BCUT2D eigenvalue weighted by atomic mass is 32.2. The van der Waals surface area contributed by atoms with E-state index in [-0.39, 0.29) is 10.1 Å². The molecule has 1 amide bonds. The standard InChI is InChI=1S/C20H21N3O4S2/c1-4-15-6-5-7-16(12-15)23-29(25,26)19-11-9-17(28-19)8-10-18-20(21-14(3)24)13(2)22-27-18/h5-12,23H,4H2,1-3H3,(H,21,24). The van der Waals surface area contributed by atoms with Crippen LogP contribution in [0.2, 0.25) is 0 Å². The van der Waals surface area contributed by atoms with Crippen LogP contribution in [0, 0.1) is 6.92 Å². The van der Waals surface area contributed by atoms with Crippen molar-refractivity contribution in [1.29, 1.82) is 0 Å². The van der Waals surface area contributed by atoms with E-state index in [0.717, 1.165) is 28.2 Å². The molecular formula is C20H21N3O4S2. The van der Waals surface area contributed by atoms with Crippen molar-refractivity contribution < 1.29 is 17.7 Å². The van der Waals surface area contributed by atoms with Gasteiger partial charge in [-0.15, -0.1) is 11.3 Å². The predicted octanol–water partition coefficient (Wildman–Crippen LogP) is 4.54. The van der Waals surface area contributed by atoms with Crippen LogP contribution in [0.3, 0.4) is 0 Å². The molecule has 2 heterocycles. The lowest BCUT2D eigenvalue weighted by Crippen LogP contribution is -2.11. The van der Waals surface area contributed by atoms with Crippen LogP contribution in [0.25, 0.3) is 12.2 Å². The van der Waals surface area contributed by atoms with E-state index in [4.69, 9.17) is 4.52 Å². The second-order valence-corrected chi connectivity index (χ2v) is 9.36. The summed E-state index contributed by atoms with van der Waals surface area (Å²) in [5, 5.41) is 6.52. The van der Waals surface area contributed by atoms with Crippen molar-refractivity contribution in [3.8, 4) is 0 Å². The van der Waals surface area contributed by atoms with Gasteiger partial charge >= 0.3 is 0 Å². The average Bonchev–Trinajstić information content (AvgIpc) is 3.28. The number of aromatic nitrogens is 1. The molecule has 7 nitrogen and oxygen atoms in total. The van der Waals surface area contributed by atoms with Gasteiger partial charge in [-0.1, -0.05) is 24.2 Å². The molecule has 0 atom stereocenters. The molecule has 2 aromatic heterocycles. The van der Waals surface area contributed by atoms with Crippen LogP contribution in [0.1, 0.15) is 35.7 Å². The molecule has 0 aliphatic rings. The molecular weight excluding hydrogens is 410 g/mol. The summed E-state index contributed by atoms with van der Waals surface area (Å²) in [4.78, 5) is 12.0. The van der Waals surface area contributed by atoms with E-state index in [1.165, 1.54) is 6.92 Å².